The van der Waals surface area contributed by atoms with Crippen molar-refractivity contribution >= 4 is 11.8 Å². The molecule has 2 aliphatic rings. The average Bonchev–Trinajstić information content (AvgIpc) is 2.91. The van der Waals surface area contributed by atoms with Gasteiger partial charge in [0.05, 0.1) is 18.8 Å². The number of carbonyl (C=O) groups excluding carboxylic acids is 2. The number of oxazole rings is 1. The van der Waals surface area contributed by atoms with Gasteiger partial charge in [-0.15, -0.1) is 0 Å². The predicted octanol–water partition coefficient (Wildman–Crippen LogP) is 0.837. The van der Waals surface area contributed by atoms with Crippen molar-refractivity contribution in [2.75, 3.05) is 33.3 Å². The van der Waals surface area contributed by atoms with E-state index in [0.29, 0.717) is 25.3 Å². The Kier molecular flexibility index (Phi) is 3.90. The topological polar surface area (TPSA) is 75.9 Å². The van der Waals surface area contributed by atoms with Gasteiger partial charge >= 0.3 is 0 Å². The van der Waals surface area contributed by atoms with Crippen LogP contribution in [0.4, 0.5) is 0 Å². The van der Waals surface area contributed by atoms with Crippen molar-refractivity contribution in [3.8, 4) is 0 Å². The summed E-state index contributed by atoms with van der Waals surface area (Å²) < 4.78 is 11.1. The standard InChI is InChI=1S/C15H21N3O4/c1-11-12(21-10-16-11)13(19)18-7-8-22-15(9-18)5-3-4-6-17(2)14(15)20/h10H,3-9H2,1-2H3. The van der Waals surface area contributed by atoms with E-state index in [2.05, 4.69) is 4.98 Å². The van der Waals surface area contributed by atoms with E-state index >= 15 is 0 Å². The van der Waals surface area contributed by atoms with Gasteiger partial charge in [-0.1, -0.05) is 0 Å². The highest BCUT2D eigenvalue weighted by Gasteiger charge is 2.47. The number of carbonyl (C=O) groups is 2. The van der Waals surface area contributed by atoms with Gasteiger partial charge in [0.25, 0.3) is 11.8 Å². The number of likely N-dealkylation sites (tertiary alicyclic amines) is 1. The highest BCUT2D eigenvalue weighted by atomic mass is 16.5. The number of likely N-dealkylation sites (N-methyl/N-ethyl adjacent to an activating group) is 1. The molecule has 1 spiro atoms. The molecule has 1 aromatic rings. The van der Waals surface area contributed by atoms with E-state index in [1.165, 1.54) is 6.39 Å². The first-order valence-corrected chi connectivity index (χ1v) is 7.62. The van der Waals surface area contributed by atoms with Crippen LogP contribution in [-0.2, 0) is 9.53 Å². The van der Waals surface area contributed by atoms with Gasteiger partial charge in [0.2, 0.25) is 5.76 Å². The molecule has 0 radical (unpaired) electrons. The maximum absolute atomic E-state index is 12.7. The maximum atomic E-state index is 12.7. The van der Waals surface area contributed by atoms with Crippen molar-refractivity contribution in [3.05, 3.63) is 17.8 Å². The lowest BCUT2D eigenvalue weighted by Crippen LogP contribution is -2.60. The Balaban J connectivity index is 1.83. The van der Waals surface area contributed by atoms with Crippen LogP contribution in [-0.4, -0.2) is 65.5 Å². The van der Waals surface area contributed by atoms with E-state index in [1.807, 2.05) is 0 Å². The zero-order chi connectivity index (χ0) is 15.7. The minimum atomic E-state index is -0.910. The number of amides is 2. The summed E-state index contributed by atoms with van der Waals surface area (Å²) in [5, 5.41) is 0. The molecule has 120 valence electrons. The molecule has 1 atom stereocenters. The number of rotatable bonds is 1. The highest BCUT2D eigenvalue weighted by molar-refractivity contribution is 5.93. The molecule has 2 fully saturated rings. The van der Waals surface area contributed by atoms with Crippen LogP contribution in [0.15, 0.2) is 10.8 Å². The van der Waals surface area contributed by atoms with Crippen LogP contribution >= 0.6 is 0 Å². The fraction of sp³-hybridized carbons (Fsp3) is 0.667. The molecule has 2 aliphatic heterocycles. The van der Waals surface area contributed by atoms with Crippen molar-refractivity contribution in [2.24, 2.45) is 0 Å². The first-order valence-electron chi connectivity index (χ1n) is 7.62. The fourth-order valence-electron chi connectivity index (χ4n) is 3.20. The van der Waals surface area contributed by atoms with Gasteiger partial charge in [0, 0.05) is 20.1 Å². The van der Waals surface area contributed by atoms with Crippen molar-refractivity contribution < 1.29 is 18.7 Å². The molecule has 22 heavy (non-hydrogen) atoms. The largest absolute Gasteiger partial charge is 0.438 e. The number of hydrogen-bond acceptors (Lipinski definition) is 5. The molecule has 7 heteroatoms. The third kappa shape index (κ3) is 2.49. The lowest BCUT2D eigenvalue weighted by atomic mass is 9.94. The molecule has 0 bridgehead atoms. The molecule has 0 aliphatic carbocycles. The van der Waals surface area contributed by atoms with Crippen LogP contribution in [0.25, 0.3) is 0 Å². The van der Waals surface area contributed by atoms with Gasteiger partial charge in [-0.05, 0) is 26.2 Å². The van der Waals surface area contributed by atoms with Gasteiger partial charge in [0.15, 0.2) is 12.0 Å². The van der Waals surface area contributed by atoms with Crippen LogP contribution in [0.1, 0.15) is 35.5 Å². The molecule has 1 unspecified atom stereocenters. The monoisotopic (exact) mass is 307 g/mol. The van der Waals surface area contributed by atoms with Crippen LogP contribution < -0.4 is 0 Å². The Labute approximate surface area is 129 Å². The SMILES string of the molecule is Cc1ncoc1C(=O)N1CCOC2(CCCCN(C)C2=O)C1. The maximum Gasteiger partial charge on any atom is 0.291 e. The van der Waals surface area contributed by atoms with Gasteiger partial charge < -0.3 is 19.0 Å². The summed E-state index contributed by atoms with van der Waals surface area (Å²) in [6, 6.07) is 0. The minimum absolute atomic E-state index is 0.0307. The molecule has 2 saturated heterocycles. The Morgan fingerprint density at radius 3 is 2.91 bits per heavy atom. The van der Waals surface area contributed by atoms with Crippen LogP contribution in [0.2, 0.25) is 0 Å². The van der Waals surface area contributed by atoms with E-state index in [9.17, 15) is 9.59 Å². The number of morpholine rings is 1. The van der Waals surface area contributed by atoms with Gasteiger partial charge in [-0.3, -0.25) is 9.59 Å². The van der Waals surface area contributed by atoms with Crippen molar-refractivity contribution in [3.63, 3.8) is 0 Å². The van der Waals surface area contributed by atoms with E-state index in [0.717, 1.165) is 19.4 Å². The van der Waals surface area contributed by atoms with Crippen LogP contribution in [0.5, 0.6) is 0 Å². The zero-order valence-corrected chi connectivity index (χ0v) is 13.0. The van der Waals surface area contributed by atoms with Crippen LogP contribution in [0, 0.1) is 6.92 Å². The van der Waals surface area contributed by atoms with Gasteiger partial charge in [0.1, 0.15) is 0 Å². The molecule has 0 aromatic carbocycles. The highest BCUT2D eigenvalue weighted by Crippen LogP contribution is 2.30. The van der Waals surface area contributed by atoms with E-state index in [1.54, 1.807) is 23.8 Å². The first kappa shape index (κ1) is 15.0. The summed E-state index contributed by atoms with van der Waals surface area (Å²) in [5.74, 6) is -0.0133. The molecule has 3 rings (SSSR count). The molecular weight excluding hydrogens is 286 g/mol. The second-order valence-corrected chi connectivity index (χ2v) is 6.02. The van der Waals surface area contributed by atoms with Crippen LogP contribution in [0.3, 0.4) is 0 Å². The quantitative estimate of drug-likeness (QED) is 0.768. The summed E-state index contributed by atoms with van der Waals surface area (Å²) in [6.45, 7) is 3.56. The fourth-order valence-corrected chi connectivity index (χ4v) is 3.20. The summed E-state index contributed by atoms with van der Waals surface area (Å²) in [7, 11) is 1.79. The molecule has 0 N–H and O–H groups in total. The molecule has 2 amide bonds. The molecule has 1 aromatic heterocycles. The Hall–Kier alpha value is -1.89. The van der Waals surface area contributed by atoms with E-state index < -0.39 is 5.60 Å². The smallest absolute Gasteiger partial charge is 0.291 e. The Bertz CT molecular complexity index is 585. The van der Waals surface area contributed by atoms with E-state index in [4.69, 9.17) is 9.15 Å². The Morgan fingerprint density at radius 1 is 1.36 bits per heavy atom. The molecule has 7 nitrogen and oxygen atoms in total. The zero-order valence-electron chi connectivity index (χ0n) is 13.0. The number of hydrogen-bond donors (Lipinski definition) is 0. The second kappa shape index (κ2) is 5.72. The summed E-state index contributed by atoms with van der Waals surface area (Å²) >= 11 is 0. The number of aromatic nitrogens is 1. The van der Waals surface area contributed by atoms with E-state index in [-0.39, 0.29) is 24.1 Å². The van der Waals surface area contributed by atoms with Gasteiger partial charge in [-0.25, -0.2) is 4.98 Å². The molecular formula is C15H21N3O4. The molecule has 3 heterocycles. The Morgan fingerprint density at radius 2 is 2.18 bits per heavy atom. The lowest BCUT2D eigenvalue weighted by molar-refractivity contribution is -0.166. The number of ether oxygens (including phenoxy) is 1. The minimum Gasteiger partial charge on any atom is -0.438 e. The summed E-state index contributed by atoms with van der Waals surface area (Å²) in [4.78, 5) is 32.6. The number of nitrogens with zero attached hydrogens (tertiary/aromatic N) is 3. The second-order valence-electron chi connectivity index (χ2n) is 6.02. The van der Waals surface area contributed by atoms with Crippen molar-refractivity contribution in [1.82, 2.24) is 14.8 Å². The lowest BCUT2D eigenvalue weighted by Gasteiger charge is -2.41. The van der Waals surface area contributed by atoms with Crippen molar-refractivity contribution in [1.29, 1.82) is 0 Å². The summed E-state index contributed by atoms with van der Waals surface area (Å²) in [5.41, 5.74) is -0.345. The average molecular weight is 307 g/mol. The third-order valence-corrected chi connectivity index (χ3v) is 4.47. The van der Waals surface area contributed by atoms with Crippen molar-refractivity contribution in [2.45, 2.75) is 31.8 Å². The molecule has 0 saturated carbocycles. The predicted molar refractivity (Wildman–Crippen MR) is 77.3 cm³/mol. The number of aryl methyl sites for hydroxylation is 1. The third-order valence-electron chi connectivity index (χ3n) is 4.47. The normalized spacial score (nSPS) is 26.4. The summed E-state index contributed by atoms with van der Waals surface area (Å²) in [6.07, 6.45) is 3.79. The van der Waals surface area contributed by atoms with Gasteiger partial charge in [-0.2, -0.15) is 0 Å². The first-order chi connectivity index (χ1) is 10.5.